The van der Waals surface area contributed by atoms with Crippen LogP contribution in [0.2, 0.25) is 0 Å². The second-order valence-corrected chi connectivity index (χ2v) is 1.96. The first-order chi connectivity index (χ1) is 2.81. The van der Waals surface area contributed by atoms with Crippen LogP contribution in [0.3, 0.4) is 0 Å². The van der Waals surface area contributed by atoms with Gasteiger partial charge in [-0.05, 0) is 9.89 Å². The van der Waals surface area contributed by atoms with Crippen molar-refractivity contribution in [2.45, 2.75) is 0 Å². The van der Waals surface area contributed by atoms with E-state index in [4.69, 9.17) is 0 Å². The summed E-state index contributed by atoms with van der Waals surface area (Å²) in [6, 6.07) is 0. The highest BCUT2D eigenvalue weighted by Crippen LogP contribution is 2.31. The minimum Gasteiger partial charge on any atom is -0.145 e. The minimum absolute atomic E-state index is 1.38. The van der Waals surface area contributed by atoms with E-state index in [1.165, 1.54) is 6.66 Å². The van der Waals surface area contributed by atoms with Gasteiger partial charge in [-0.1, -0.05) is 0 Å². The number of hydrogen-bond acceptors (Lipinski definition) is 4. The van der Waals surface area contributed by atoms with Gasteiger partial charge in [0.2, 0.25) is 8.22 Å². The van der Waals surface area contributed by atoms with Gasteiger partial charge in [0.15, 0.2) is 0 Å². The van der Waals surface area contributed by atoms with Crippen LogP contribution in [0.25, 0.3) is 0 Å². The molecule has 0 aromatic carbocycles. The Balaban J connectivity index is 3.21. The van der Waals surface area contributed by atoms with Crippen molar-refractivity contribution in [2.24, 2.45) is 9.89 Å². The van der Waals surface area contributed by atoms with Gasteiger partial charge in [0.1, 0.15) is 0 Å². The van der Waals surface area contributed by atoms with Gasteiger partial charge < -0.3 is 0 Å². The Labute approximate surface area is 35.7 Å². The summed E-state index contributed by atoms with van der Waals surface area (Å²) in [5.74, 6) is 0. The van der Waals surface area contributed by atoms with Gasteiger partial charge in [0.05, 0.1) is 0 Å². The SMILES string of the molecule is CP(N=O)N=O. The first kappa shape index (κ1) is 5.63. The van der Waals surface area contributed by atoms with Gasteiger partial charge in [-0.15, -0.1) is 9.81 Å². The van der Waals surface area contributed by atoms with E-state index in [1.54, 1.807) is 0 Å². The summed E-state index contributed by atoms with van der Waals surface area (Å²) >= 11 is 0. The fourth-order valence-electron chi connectivity index (χ4n) is 0.0149. The molecule has 0 fully saturated rings. The number of hydrogen-bond donors (Lipinski definition) is 0. The molecule has 0 heterocycles. The topological polar surface area (TPSA) is 58.9 Å². The van der Waals surface area contributed by atoms with Crippen LogP contribution in [0, 0.1) is 9.81 Å². The Morgan fingerprint density at radius 2 is 1.67 bits per heavy atom. The lowest BCUT2D eigenvalue weighted by atomic mass is 12.0. The molecule has 0 rings (SSSR count). The molecule has 0 unspecified atom stereocenters. The third kappa shape index (κ3) is 1.91. The molecule has 0 aliphatic heterocycles. The maximum Gasteiger partial charge on any atom is 0.229 e. The molecule has 6 heavy (non-hydrogen) atoms. The van der Waals surface area contributed by atoms with E-state index in [0.717, 1.165) is 0 Å². The van der Waals surface area contributed by atoms with Crippen molar-refractivity contribution in [1.29, 1.82) is 0 Å². The van der Waals surface area contributed by atoms with Crippen LogP contribution in [0.5, 0.6) is 0 Å². The zero-order chi connectivity index (χ0) is 4.99. The Morgan fingerprint density at radius 1 is 1.33 bits per heavy atom. The lowest BCUT2D eigenvalue weighted by molar-refractivity contribution is 1.67. The van der Waals surface area contributed by atoms with E-state index < -0.39 is 8.22 Å². The lowest BCUT2D eigenvalue weighted by Gasteiger charge is -1.75. The quantitative estimate of drug-likeness (QED) is 0.395. The molecule has 0 bridgehead atoms. The van der Waals surface area contributed by atoms with Crippen molar-refractivity contribution >= 4 is 8.22 Å². The standard InChI is InChI=1S/CH3N2O2P/c1-6(2-4)3-5/h1H3. The van der Waals surface area contributed by atoms with E-state index in [9.17, 15) is 9.81 Å². The van der Waals surface area contributed by atoms with Gasteiger partial charge in [0.25, 0.3) is 0 Å². The average Bonchev–Trinajstić information content (AvgIpc) is 1.65. The van der Waals surface area contributed by atoms with E-state index >= 15 is 0 Å². The first-order valence-electron chi connectivity index (χ1n) is 1.21. The second kappa shape index (κ2) is 2.85. The second-order valence-electron chi connectivity index (χ2n) is 0.653. The molecule has 34 valence electrons. The van der Waals surface area contributed by atoms with Crippen molar-refractivity contribution in [1.82, 2.24) is 0 Å². The fraction of sp³-hybridized carbons (Fsp3) is 1.00. The smallest absolute Gasteiger partial charge is 0.145 e. The van der Waals surface area contributed by atoms with Gasteiger partial charge in [-0.2, -0.15) is 0 Å². The molecular weight excluding hydrogens is 103 g/mol. The average molecular weight is 106 g/mol. The Morgan fingerprint density at radius 3 is 1.67 bits per heavy atom. The minimum atomic E-state index is -1.44. The van der Waals surface area contributed by atoms with Gasteiger partial charge in [-0.3, -0.25) is 0 Å². The first-order valence-corrected chi connectivity index (χ1v) is 2.91. The number of nitroso groups, excluding NO2 is 2. The fourth-order valence-corrected chi connectivity index (χ4v) is 0.0447. The Hall–Kier alpha value is -0.370. The van der Waals surface area contributed by atoms with E-state index in [0.29, 0.717) is 0 Å². The van der Waals surface area contributed by atoms with Crippen LogP contribution in [-0.2, 0) is 0 Å². The zero-order valence-electron chi connectivity index (χ0n) is 3.16. The molecule has 0 aromatic heterocycles. The Bertz CT molecular complexity index is 56.6. The van der Waals surface area contributed by atoms with Crippen molar-refractivity contribution in [3.05, 3.63) is 9.81 Å². The molecule has 0 saturated carbocycles. The molecule has 0 amide bonds. The monoisotopic (exact) mass is 106 g/mol. The van der Waals surface area contributed by atoms with Crippen LogP contribution >= 0.6 is 8.22 Å². The van der Waals surface area contributed by atoms with Crippen LogP contribution in [-0.4, -0.2) is 6.66 Å². The normalized spacial score (nSPS) is 8.33. The number of rotatable bonds is 2. The molecule has 5 heteroatoms. The Kier molecular flexibility index (Phi) is 2.67. The summed E-state index contributed by atoms with van der Waals surface area (Å²) < 4.78 is 0. The third-order valence-corrected chi connectivity index (χ3v) is 0.709. The van der Waals surface area contributed by atoms with E-state index in [2.05, 4.69) is 9.89 Å². The zero-order valence-corrected chi connectivity index (χ0v) is 4.05. The molecule has 0 saturated heterocycles. The van der Waals surface area contributed by atoms with Gasteiger partial charge in [0, 0.05) is 6.66 Å². The van der Waals surface area contributed by atoms with Crippen LogP contribution in [0.15, 0.2) is 9.89 Å². The molecule has 0 aromatic rings. The molecule has 0 spiro atoms. The maximum absolute atomic E-state index is 9.22. The summed E-state index contributed by atoms with van der Waals surface area (Å²) in [6.45, 7) is 1.38. The molecule has 0 atom stereocenters. The summed E-state index contributed by atoms with van der Waals surface area (Å²) in [5, 5.41) is 0. The largest absolute Gasteiger partial charge is 0.229 e. The molecule has 0 aliphatic carbocycles. The van der Waals surface area contributed by atoms with Crippen LogP contribution < -0.4 is 0 Å². The molecule has 4 nitrogen and oxygen atoms in total. The number of nitrogens with zero attached hydrogens (tertiary/aromatic N) is 2. The van der Waals surface area contributed by atoms with E-state index in [-0.39, 0.29) is 0 Å². The molecule has 0 aliphatic rings. The van der Waals surface area contributed by atoms with E-state index in [1.807, 2.05) is 0 Å². The van der Waals surface area contributed by atoms with Gasteiger partial charge in [-0.25, -0.2) is 0 Å². The highest BCUT2D eigenvalue weighted by atomic mass is 31.1. The summed E-state index contributed by atoms with van der Waals surface area (Å²) in [7, 11) is -1.44. The van der Waals surface area contributed by atoms with Gasteiger partial charge >= 0.3 is 0 Å². The van der Waals surface area contributed by atoms with Crippen molar-refractivity contribution in [3.63, 3.8) is 0 Å². The van der Waals surface area contributed by atoms with Crippen molar-refractivity contribution in [3.8, 4) is 0 Å². The third-order valence-electron chi connectivity index (χ3n) is 0.236. The van der Waals surface area contributed by atoms with Crippen LogP contribution in [0.1, 0.15) is 0 Å². The molecule has 0 N–H and O–H groups in total. The maximum atomic E-state index is 9.22. The predicted molar refractivity (Wildman–Crippen MR) is 24.4 cm³/mol. The highest BCUT2D eigenvalue weighted by Gasteiger charge is 1.93. The lowest BCUT2D eigenvalue weighted by Crippen LogP contribution is -1.46. The summed E-state index contributed by atoms with van der Waals surface area (Å²) in [4.78, 5) is 23.1. The summed E-state index contributed by atoms with van der Waals surface area (Å²) in [5.41, 5.74) is 0. The van der Waals surface area contributed by atoms with Crippen LogP contribution in [0.4, 0.5) is 0 Å². The molecule has 0 radical (unpaired) electrons. The molecular formula is CH3N2O2P. The predicted octanol–water partition coefficient (Wildman–Crippen LogP) is 1.46. The van der Waals surface area contributed by atoms with Crippen molar-refractivity contribution in [2.75, 3.05) is 6.66 Å². The summed E-state index contributed by atoms with van der Waals surface area (Å²) in [6.07, 6.45) is 0. The highest BCUT2D eigenvalue weighted by molar-refractivity contribution is 7.53. The van der Waals surface area contributed by atoms with Crippen molar-refractivity contribution < 1.29 is 0 Å².